The van der Waals surface area contributed by atoms with Crippen molar-refractivity contribution in [2.75, 3.05) is 0 Å². The van der Waals surface area contributed by atoms with Crippen molar-refractivity contribution in [2.24, 2.45) is 0 Å². The fourth-order valence-corrected chi connectivity index (χ4v) is 6.08. The van der Waals surface area contributed by atoms with Crippen LogP contribution in [-0.4, -0.2) is 36.6 Å². The summed E-state index contributed by atoms with van der Waals surface area (Å²) in [6.07, 6.45) is 6.07. The summed E-state index contributed by atoms with van der Waals surface area (Å²) in [6.45, 7) is 21.6. The Morgan fingerprint density at radius 1 is 0.553 bits per heavy atom. The average Bonchev–Trinajstić information content (AvgIpc) is 3.31. The normalized spacial score (nSPS) is 23.5. The van der Waals surface area contributed by atoms with Crippen molar-refractivity contribution in [1.29, 1.82) is 0 Å². The molecule has 2 aromatic rings. The summed E-state index contributed by atoms with van der Waals surface area (Å²) in [5.74, 6) is 0. The lowest BCUT2D eigenvalue weighted by molar-refractivity contribution is 0.00578. The van der Waals surface area contributed by atoms with E-state index in [-0.39, 0.29) is 42.1 Å². The zero-order valence-corrected chi connectivity index (χ0v) is 25.3. The van der Waals surface area contributed by atoms with Gasteiger partial charge in [-0.05, 0) is 95.0 Å². The van der Waals surface area contributed by atoms with E-state index >= 15 is 0 Å². The van der Waals surface area contributed by atoms with E-state index in [1.807, 2.05) is 0 Å². The highest BCUT2D eigenvalue weighted by Gasteiger charge is 2.53. The molecule has 3 aliphatic rings. The third-order valence-electron chi connectivity index (χ3n) is 10.1. The molecule has 0 radical (unpaired) electrons. The molecule has 4 nitrogen and oxygen atoms in total. The molecule has 0 aromatic heterocycles. The maximum absolute atomic E-state index is 6.44. The van der Waals surface area contributed by atoms with E-state index in [2.05, 4.69) is 106 Å². The van der Waals surface area contributed by atoms with Gasteiger partial charge in [-0.15, -0.1) is 0 Å². The van der Waals surface area contributed by atoms with Crippen LogP contribution in [0.15, 0.2) is 36.4 Å². The van der Waals surface area contributed by atoms with Gasteiger partial charge >= 0.3 is 14.2 Å². The zero-order valence-electron chi connectivity index (χ0n) is 25.3. The standard InChI is InChI=1S/C32H46B2O4/c1-11-12-13-14-19-32(10)26-20-22(33-35-28(2,3)29(4,5)36-33)15-17-24(26)25-18-16-23(21-27(25)32)34-37-30(6,7)31(8,9)38-34/h15-18,20-21H,11-14,19H2,1-10H3. The van der Waals surface area contributed by atoms with Gasteiger partial charge in [0.1, 0.15) is 0 Å². The molecule has 2 heterocycles. The van der Waals surface area contributed by atoms with Gasteiger partial charge in [-0.1, -0.05) is 75.9 Å². The second kappa shape index (κ2) is 9.23. The highest BCUT2D eigenvalue weighted by Crippen LogP contribution is 2.51. The van der Waals surface area contributed by atoms with E-state index in [1.165, 1.54) is 47.9 Å². The van der Waals surface area contributed by atoms with Crippen LogP contribution in [0, 0.1) is 0 Å². The monoisotopic (exact) mass is 516 g/mol. The summed E-state index contributed by atoms with van der Waals surface area (Å²) in [4.78, 5) is 0. The molecule has 0 unspecified atom stereocenters. The van der Waals surface area contributed by atoms with Crippen LogP contribution < -0.4 is 10.9 Å². The van der Waals surface area contributed by atoms with Crippen LogP contribution in [0.4, 0.5) is 0 Å². The first-order valence-electron chi connectivity index (χ1n) is 14.6. The maximum atomic E-state index is 6.44. The van der Waals surface area contributed by atoms with Crippen molar-refractivity contribution in [2.45, 2.75) is 129 Å². The van der Waals surface area contributed by atoms with Crippen LogP contribution in [0.3, 0.4) is 0 Å². The van der Waals surface area contributed by atoms with Crippen LogP contribution in [-0.2, 0) is 24.0 Å². The van der Waals surface area contributed by atoms with Crippen molar-refractivity contribution in [3.63, 3.8) is 0 Å². The fourth-order valence-electron chi connectivity index (χ4n) is 6.08. The molecule has 204 valence electrons. The molecule has 0 saturated carbocycles. The minimum absolute atomic E-state index is 0.0995. The molecule has 38 heavy (non-hydrogen) atoms. The van der Waals surface area contributed by atoms with Gasteiger partial charge in [-0.3, -0.25) is 0 Å². The first-order chi connectivity index (χ1) is 17.6. The number of rotatable bonds is 7. The summed E-state index contributed by atoms with van der Waals surface area (Å²) in [7, 11) is -0.725. The molecule has 6 heteroatoms. The summed E-state index contributed by atoms with van der Waals surface area (Å²) >= 11 is 0. The van der Waals surface area contributed by atoms with Crippen LogP contribution in [0.2, 0.25) is 0 Å². The van der Waals surface area contributed by atoms with Crippen LogP contribution in [0.5, 0.6) is 0 Å². The van der Waals surface area contributed by atoms with Gasteiger partial charge < -0.3 is 18.6 Å². The Balaban J connectivity index is 1.53. The molecule has 0 atom stereocenters. The third-order valence-corrected chi connectivity index (χ3v) is 10.1. The van der Waals surface area contributed by atoms with Crippen LogP contribution in [0.1, 0.15) is 112 Å². The Bertz CT molecular complexity index is 1100. The van der Waals surface area contributed by atoms with E-state index in [0.717, 1.165) is 17.3 Å². The highest BCUT2D eigenvalue weighted by atomic mass is 16.7. The first kappa shape index (κ1) is 28.0. The SMILES string of the molecule is CCCCCCC1(C)c2cc(B3OC(C)(C)C(C)(C)O3)ccc2-c2ccc(B3OC(C)(C)C(C)(C)O3)cc21. The Morgan fingerprint density at radius 2 is 0.947 bits per heavy atom. The molecule has 0 spiro atoms. The van der Waals surface area contributed by atoms with Gasteiger partial charge in [0.25, 0.3) is 0 Å². The summed E-state index contributed by atoms with van der Waals surface area (Å²) in [5, 5.41) is 0. The number of fused-ring (bicyclic) bond motifs is 3. The molecular weight excluding hydrogens is 470 g/mol. The lowest BCUT2D eigenvalue weighted by Crippen LogP contribution is -2.41. The van der Waals surface area contributed by atoms with Crippen molar-refractivity contribution >= 4 is 25.2 Å². The van der Waals surface area contributed by atoms with Crippen molar-refractivity contribution < 1.29 is 18.6 Å². The smallest absolute Gasteiger partial charge is 0.399 e. The van der Waals surface area contributed by atoms with Gasteiger partial charge in [-0.25, -0.2) is 0 Å². The summed E-state index contributed by atoms with van der Waals surface area (Å²) < 4.78 is 25.8. The average molecular weight is 516 g/mol. The predicted octanol–water partition coefficient (Wildman–Crippen LogP) is 6.54. The van der Waals surface area contributed by atoms with E-state index in [0.29, 0.717) is 0 Å². The fraction of sp³-hybridized carbons (Fsp3) is 0.625. The van der Waals surface area contributed by atoms with E-state index in [4.69, 9.17) is 18.6 Å². The Kier molecular flexibility index (Phi) is 6.79. The maximum Gasteiger partial charge on any atom is 0.494 e. The van der Waals surface area contributed by atoms with E-state index in [9.17, 15) is 0 Å². The van der Waals surface area contributed by atoms with Crippen molar-refractivity contribution in [3.05, 3.63) is 47.5 Å². The number of benzene rings is 2. The molecule has 0 N–H and O–H groups in total. The summed E-state index contributed by atoms with van der Waals surface area (Å²) in [5.41, 5.74) is 6.05. The van der Waals surface area contributed by atoms with Gasteiger partial charge in [0.05, 0.1) is 22.4 Å². The number of hydrogen-bond donors (Lipinski definition) is 0. The Hall–Kier alpha value is -1.59. The zero-order chi connectivity index (χ0) is 27.7. The molecule has 2 aromatic carbocycles. The molecule has 0 amide bonds. The van der Waals surface area contributed by atoms with Crippen molar-refractivity contribution in [1.82, 2.24) is 0 Å². The minimum Gasteiger partial charge on any atom is -0.399 e. The molecule has 1 aliphatic carbocycles. The second-order valence-electron chi connectivity index (χ2n) is 13.9. The lowest BCUT2D eigenvalue weighted by Gasteiger charge is -2.32. The van der Waals surface area contributed by atoms with Crippen LogP contribution >= 0.6 is 0 Å². The van der Waals surface area contributed by atoms with Gasteiger partial charge in [-0.2, -0.15) is 0 Å². The van der Waals surface area contributed by atoms with Crippen LogP contribution in [0.25, 0.3) is 11.1 Å². The van der Waals surface area contributed by atoms with Gasteiger partial charge in [0.15, 0.2) is 0 Å². The van der Waals surface area contributed by atoms with Gasteiger partial charge in [0.2, 0.25) is 0 Å². The highest BCUT2D eigenvalue weighted by molar-refractivity contribution is 6.62. The molecule has 2 fully saturated rings. The molecule has 5 rings (SSSR count). The molecule has 2 aliphatic heterocycles. The Labute approximate surface area is 231 Å². The van der Waals surface area contributed by atoms with E-state index in [1.54, 1.807) is 0 Å². The molecule has 2 saturated heterocycles. The molecule has 0 bridgehead atoms. The number of unbranched alkanes of at least 4 members (excludes halogenated alkanes) is 3. The van der Waals surface area contributed by atoms with Gasteiger partial charge in [0, 0.05) is 5.41 Å². The van der Waals surface area contributed by atoms with E-state index < -0.39 is 0 Å². The quantitative estimate of drug-likeness (QED) is 0.309. The number of hydrogen-bond acceptors (Lipinski definition) is 4. The largest absolute Gasteiger partial charge is 0.494 e. The van der Waals surface area contributed by atoms with Crippen molar-refractivity contribution in [3.8, 4) is 11.1 Å². The third kappa shape index (κ3) is 4.40. The lowest BCUT2D eigenvalue weighted by atomic mass is 9.70. The predicted molar refractivity (Wildman–Crippen MR) is 159 cm³/mol. The molecular formula is C32H46B2O4. The minimum atomic E-state index is -0.362. The first-order valence-corrected chi connectivity index (χ1v) is 14.6. The Morgan fingerprint density at radius 3 is 1.32 bits per heavy atom. The summed E-state index contributed by atoms with van der Waals surface area (Å²) in [6, 6.07) is 13.6. The second-order valence-corrected chi connectivity index (χ2v) is 13.9. The topological polar surface area (TPSA) is 36.9 Å².